The number of carbonyl (C=O) groups excluding carboxylic acids is 1. The summed E-state index contributed by atoms with van der Waals surface area (Å²) >= 11 is 5.26. The SMILES string of the molecule is Cc1ccc(C(=O)NC(=S)NCc2ccc(-c3nc4ccccc4o3)cc2)cc1C. The molecule has 0 atom stereocenters. The molecule has 150 valence electrons. The predicted molar refractivity (Wildman–Crippen MR) is 122 cm³/mol. The number of carbonyl (C=O) groups is 1. The molecule has 6 heteroatoms. The van der Waals surface area contributed by atoms with Gasteiger partial charge in [0.05, 0.1) is 0 Å². The number of thiocarbonyl (C=S) groups is 1. The van der Waals surface area contributed by atoms with Gasteiger partial charge in [0.15, 0.2) is 10.7 Å². The Morgan fingerprint density at radius 3 is 2.50 bits per heavy atom. The Kier molecular flexibility index (Phi) is 5.59. The maximum absolute atomic E-state index is 12.3. The van der Waals surface area contributed by atoms with Crippen molar-refractivity contribution in [2.45, 2.75) is 20.4 Å². The first kappa shape index (κ1) is 19.8. The summed E-state index contributed by atoms with van der Waals surface area (Å²) in [7, 11) is 0. The van der Waals surface area contributed by atoms with Gasteiger partial charge >= 0.3 is 0 Å². The van der Waals surface area contributed by atoms with E-state index in [1.54, 1.807) is 6.07 Å². The first-order valence-electron chi connectivity index (χ1n) is 9.61. The number of aromatic nitrogens is 1. The Balaban J connectivity index is 1.35. The lowest BCUT2D eigenvalue weighted by molar-refractivity contribution is 0.0976. The highest BCUT2D eigenvalue weighted by Crippen LogP contribution is 2.24. The van der Waals surface area contributed by atoms with Crippen LogP contribution in [-0.2, 0) is 6.54 Å². The van der Waals surface area contributed by atoms with Gasteiger partial charge in [0, 0.05) is 17.7 Å². The summed E-state index contributed by atoms with van der Waals surface area (Å²) in [5, 5.41) is 6.08. The van der Waals surface area contributed by atoms with Crippen LogP contribution < -0.4 is 10.6 Å². The predicted octanol–water partition coefficient (Wildman–Crippen LogP) is 4.92. The van der Waals surface area contributed by atoms with Gasteiger partial charge in [-0.2, -0.15) is 0 Å². The van der Waals surface area contributed by atoms with E-state index in [1.165, 1.54) is 0 Å². The van der Waals surface area contributed by atoms with Crippen LogP contribution in [0, 0.1) is 13.8 Å². The maximum Gasteiger partial charge on any atom is 0.257 e. The van der Waals surface area contributed by atoms with Gasteiger partial charge in [-0.15, -0.1) is 0 Å². The first-order chi connectivity index (χ1) is 14.5. The van der Waals surface area contributed by atoms with Gasteiger partial charge in [-0.05, 0) is 79.2 Å². The van der Waals surface area contributed by atoms with E-state index in [1.807, 2.05) is 74.5 Å². The normalized spacial score (nSPS) is 10.7. The molecule has 0 aliphatic heterocycles. The molecular weight excluding hydrogens is 394 g/mol. The number of benzene rings is 3. The smallest absolute Gasteiger partial charge is 0.257 e. The van der Waals surface area contributed by atoms with E-state index in [0.717, 1.165) is 33.4 Å². The molecule has 1 aromatic heterocycles. The van der Waals surface area contributed by atoms with Gasteiger partial charge in [0.1, 0.15) is 5.52 Å². The van der Waals surface area contributed by atoms with Crippen molar-refractivity contribution in [2.24, 2.45) is 0 Å². The highest BCUT2D eigenvalue weighted by Gasteiger charge is 2.10. The topological polar surface area (TPSA) is 67.2 Å². The van der Waals surface area contributed by atoms with Crippen LogP contribution in [0.15, 0.2) is 71.1 Å². The molecule has 0 bridgehead atoms. The first-order valence-corrected chi connectivity index (χ1v) is 10.0. The highest BCUT2D eigenvalue weighted by molar-refractivity contribution is 7.80. The fraction of sp³-hybridized carbons (Fsp3) is 0.125. The van der Waals surface area contributed by atoms with Gasteiger partial charge < -0.3 is 9.73 Å². The van der Waals surface area contributed by atoms with Gasteiger partial charge in [-0.1, -0.05) is 30.3 Å². The molecule has 0 unspecified atom stereocenters. The Morgan fingerprint density at radius 1 is 1.00 bits per heavy atom. The van der Waals surface area contributed by atoms with E-state index in [4.69, 9.17) is 16.6 Å². The van der Waals surface area contributed by atoms with Crippen molar-refractivity contribution in [3.8, 4) is 11.5 Å². The van der Waals surface area contributed by atoms with Crippen LogP contribution in [0.25, 0.3) is 22.6 Å². The zero-order valence-corrected chi connectivity index (χ0v) is 17.5. The summed E-state index contributed by atoms with van der Waals surface area (Å²) in [5.41, 5.74) is 6.34. The summed E-state index contributed by atoms with van der Waals surface area (Å²) < 4.78 is 5.80. The van der Waals surface area contributed by atoms with Gasteiger partial charge in [0.25, 0.3) is 5.91 Å². The molecule has 1 amide bonds. The van der Waals surface area contributed by atoms with E-state index in [2.05, 4.69) is 15.6 Å². The van der Waals surface area contributed by atoms with E-state index < -0.39 is 0 Å². The van der Waals surface area contributed by atoms with Crippen LogP contribution in [0.4, 0.5) is 0 Å². The van der Waals surface area contributed by atoms with E-state index >= 15 is 0 Å². The quantitative estimate of drug-likeness (QED) is 0.463. The molecule has 0 saturated carbocycles. The molecule has 0 saturated heterocycles. The second-order valence-corrected chi connectivity index (χ2v) is 7.53. The van der Waals surface area contributed by atoms with Crippen LogP contribution in [0.2, 0.25) is 0 Å². The Hall–Kier alpha value is -3.51. The molecule has 0 fully saturated rings. The van der Waals surface area contributed by atoms with Gasteiger partial charge in [-0.25, -0.2) is 4.98 Å². The molecule has 3 aromatic carbocycles. The zero-order chi connectivity index (χ0) is 21.1. The molecule has 4 rings (SSSR count). The molecule has 30 heavy (non-hydrogen) atoms. The minimum Gasteiger partial charge on any atom is -0.436 e. The minimum absolute atomic E-state index is 0.220. The third-order valence-electron chi connectivity index (χ3n) is 4.94. The van der Waals surface area contributed by atoms with E-state index in [-0.39, 0.29) is 5.91 Å². The molecule has 0 spiro atoms. The molecule has 1 heterocycles. The monoisotopic (exact) mass is 415 g/mol. The van der Waals surface area contributed by atoms with Crippen LogP contribution in [0.3, 0.4) is 0 Å². The molecule has 5 nitrogen and oxygen atoms in total. The second-order valence-electron chi connectivity index (χ2n) is 7.12. The lowest BCUT2D eigenvalue weighted by atomic mass is 10.1. The number of hydrogen-bond donors (Lipinski definition) is 2. The maximum atomic E-state index is 12.3. The number of para-hydroxylation sites is 2. The number of rotatable bonds is 4. The molecule has 2 N–H and O–H groups in total. The number of oxazole rings is 1. The van der Waals surface area contributed by atoms with E-state index in [9.17, 15) is 4.79 Å². The van der Waals surface area contributed by atoms with Crippen LogP contribution in [-0.4, -0.2) is 16.0 Å². The average Bonchev–Trinajstić information content (AvgIpc) is 3.19. The van der Waals surface area contributed by atoms with Crippen molar-refractivity contribution in [3.63, 3.8) is 0 Å². The fourth-order valence-electron chi connectivity index (χ4n) is 3.05. The summed E-state index contributed by atoms with van der Waals surface area (Å²) in [4.78, 5) is 16.9. The number of fused-ring (bicyclic) bond motifs is 1. The van der Waals surface area contributed by atoms with Crippen LogP contribution >= 0.6 is 12.2 Å². The van der Waals surface area contributed by atoms with Crippen molar-refractivity contribution in [3.05, 3.63) is 89.0 Å². The van der Waals surface area contributed by atoms with Crippen LogP contribution in [0.5, 0.6) is 0 Å². The lowest BCUT2D eigenvalue weighted by Crippen LogP contribution is -2.38. The number of nitrogens with zero attached hydrogens (tertiary/aromatic N) is 1. The van der Waals surface area contributed by atoms with Crippen molar-refractivity contribution in [1.82, 2.24) is 15.6 Å². The van der Waals surface area contributed by atoms with E-state index in [0.29, 0.717) is 23.1 Å². The Labute approximate surface area is 180 Å². The molecule has 4 aromatic rings. The van der Waals surface area contributed by atoms with Crippen molar-refractivity contribution in [1.29, 1.82) is 0 Å². The van der Waals surface area contributed by atoms with Crippen molar-refractivity contribution < 1.29 is 9.21 Å². The molecule has 0 aliphatic carbocycles. The second kappa shape index (κ2) is 8.47. The molecule has 0 radical (unpaired) electrons. The third kappa shape index (κ3) is 4.39. The molecule has 0 aliphatic rings. The third-order valence-corrected chi connectivity index (χ3v) is 5.19. The standard InChI is InChI=1S/C24H21N3O2S/c1-15-7-10-19(13-16(15)2)22(28)27-24(30)25-14-17-8-11-18(12-9-17)23-26-20-5-3-4-6-21(20)29-23/h3-13H,14H2,1-2H3,(H2,25,27,28,30). The summed E-state index contributed by atoms with van der Waals surface area (Å²) in [6.07, 6.45) is 0. The largest absolute Gasteiger partial charge is 0.436 e. The summed E-state index contributed by atoms with van der Waals surface area (Å²) in [6.45, 7) is 4.49. The number of hydrogen-bond acceptors (Lipinski definition) is 4. The number of amides is 1. The van der Waals surface area contributed by atoms with Crippen LogP contribution in [0.1, 0.15) is 27.0 Å². The lowest BCUT2D eigenvalue weighted by Gasteiger charge is -2.11. The zero-order valence-electron chi connectivity index (χ0n) is 16.7. The molecular formula is C24H21N3O2S. The summed E-state index contributed by atoms with van der Waals surface area (Å²) in [6, 6.07) is 21.1. The summed E-state index contributed by atoms with van der Waals surface area (Å²) in [5.74, 6) is 0.369. The van der Waals surface area contributed by atoms with Crippen molar-refractivity contribution >= 4 is 34.3 Å². The number of nitrogens with one attached hydrogen (secondary N) is 2. The Morgan fingerprint density at radius 2 is 1.77 bits per heavy atom. The fourth-order valence-corrected chi connectivity index (χ4v) is 3.21. The minimum atomic E-state index is -0.220. The van der Waals surface area contributed by atoms with Gasteiger partial charge in [-0.3, -0.25) is 10.1 Å². The number of aryl methyl sites for hydroxylation is 2. The highest BCUT2D eigenvalue weighted by atomic mass is 32.1. The van der Waals surface area contributed by atoms with Gasteiger partial charge in [0.2, 0.25) is 5.89 Å². The van der Waals surface area contributed by atoms with Crippen molar-refractivity contribution in [2.75, 3.05) is 0 Å². The Bertz CT molecular complexity index is 1200. The average molecular weight is 416 g/mol.